The maximum atomic E-state index is 12.3. The van der Waals surface area contributed by atoms with Gasteiger partial charge in [-0.15, -0.1) is 0 Å². The Morgan fingerprint density at radius 2 is 1.77 bits per heavy atom. The fourth-order valence-corrected chi connectivity index (χ4v) is 2.80. The van der Waals surface area contributed by atoms with Gasteiger partial charge in [-0.25, -0.2) is 14.5 Å². The van der Waals surface area contributed by atoms with Gasteiger partial charge in [0.25, 0.3) is 10.0 Å². The van der Waals surface area contributed by atoms with Crippen LogP contribution in [-0.4, -0.2) is 56.4 Å². The number of ether oxygens (including phenoxy) is 3. The number of urea groups is 1. The summed E-state index contributed by atoms with van der Waals surface area (Å²) in [5.41, 5.74) is 0. The second-order valence-corrected chi connectivity index (χ2v) is 6.64. The van der Waals surface area contributed by atoms with E-state index in [4.69, 9.17) is 9.47 Å². The predicted molar refractivity (Wildman–Crippen MR) is 90.3 cm³/mol. The molecule has 0 bridgehead atoms. The number of carbonyl (C=O) groups excluding carboxylic acids is 1. The van der Waals surface area contributed by atoms with E-state index in [9.17, 15) is 26.4 Å². The van der Waals surface area contributed by atoms with Crippen molar-refractivity contribution in [1.29, 1.82) is 0 Å². The SMILES string of the molecule is COc1cc(OC)nc(NC(=O)NS(=O)(=O)c2ncccc2OCC(F)(F)F)n1.[Na+]. The van der Waals surface area contributed by atoms with Crippen LogP contribution in [0, 0.1) is 0 Å². The largest absolute Gasteiger partial charge is 1.00 e. The zero-order valence-corrected chi connectivity index (χ0v) is 18.7. The molecule has 0 atom stereocenters. The zero-order chi connectivity index (χ0) is 21.7. The number of pyridine rings is 1. The number of rotatable bonds is 7. The number of carbonyl (C=O) groups is 1. The molecule has 2 heterocycles. The minimum absolute atomic E-state index is 0. The van der Waals surface area contributed by atoms with E-state index in [0.717, 1.165) is 12.3 Å². The van der Waals surface area contributed by atoms with Gasteiger partial charge in [0.2, 0.25) is 22.7 Å². The van der Waals surface area contributed by atoms with E-state index in [1.807, 2.05) is 5.32 Å². The smallest absolute Gasteiger partial charge is 0.481 e. The molecule has 0 saturated heterocycles. The monoisotopic (exact) mass is 460 g/mol. The molecule has 0 fully saturated rings. The maximum absolute atomic E-state index is 12.3. The summed E-state index contributed by atoms with van der Waals surface area (Å²) in [5.74, 6) is -1.02. The van der Waals surface area contributed by atoms with Crippen molar-refractivity contribution in [2.75, 3.05) is 26.1 Å². The van der Waals surface area contributed by atoms with E-state index >= 15 is 0 Å². The van der Waals surface area contributed by atoms with Crippen LogP contribution < -0.4 is 53.8 Å². The Labute approximate surface area is 190 Å². The van der Waals surface area contributed by atoms with Crippen molar-refractivity contribution in [2.45, 2.75) is 11.2 Å². The first-order valence-electron chi connectivity index (χ1n) is 7.49. The molecular weight excluding hydrogens is 446 g/mol. The molecule has 16 heteroatoms. The molecule has 0 spiro atoms. The van der Waals surface area contributed by atoms with Crippen molar-refractivity contribution in [2.24, 2.45) is 0 Å². The van der Waals surface area contributed by atoms with Crippen LogP contribution in [0.3, 0.4) is 0 Å². The molecule has 0 aliphatic rings. The summed E-state index contributed by atoms with van der Waals surface area (Å²) in [4.78, 5) is 23.0. The van der Waals surface area contributed by atoms with Gasteiger partial charge in [0.05, 0.1) is 20.3 Å². The van der Waals surface area contributed by atoms with E-state index in [-0.39, 0.29) is 47.3 Å². The van der Waals surface area contributed by atoms with Crippen LogP contribution in [0.15, 0.2) is 29.4 Å². The molecule has 0 unspecified atom stereocenters. The number of nitrogens with zero attached hydrogens (tertiary/aromatic N) is 3. The molecule has 30 heavy (non-hydrogen) atoms. The number of halogens is 3. The van der Waals surface area contributed by atoms with Crippen molar-refractivity contribution >= 4 is 22.0 Å². The van der Waals surface area contributed by atoms with Crippen molar-refractivity contribution in [1.82, 2.24) is 19.7 Å². The predicted octanol–water partition coefficient (Wildman–Crippen LogP) is -1.66. The van der Waals surface area contributed by atoms with E-state index < -0.39 is 39.6 Å². The molecule has 0 aliphatic carbocycles. The molecule has 2 N–H and O–H groups in total. The Morgan fingerprint density at radius 3 is 2.30 bits per heavy atom. The van der Waals surface area contributed by atoms with Gasteiger partial charge in [0, 0.05) is 6.20 Å². The normalized spacial score (nSPS) is 11.1. The van der Waals surface area contributed by atoms with Gasteiger partial charge in [-0.05, 0) is 12.1 Å². The Morgan fingerprint density at radius 1 is 1.17 bits per heavy atom. The van der Waals surface area contributed by atoms with Crippen LogP contribution in [0.5, 0.6) is 17.5 Å². The van der Waals surface area contributed by atoms with Crippen LogP contribution in [0.4, 0.5) is 23.9 Å². The van der Waals surface area contributed by atoms with E-state index in [1.54, 1.807) is 4.72 Å². The number of aromatic nitrogens is 3. The van der Waals surface area contributed by atoms with Gasteiger partial charge < -0.3 is 14.2 Å². The number of alkyl halides is 3. The molecule has 0 radical (unpaired) electrons. The molecule has 2 rings (SSSR count). The van der Waals surface area contributed by atoms with Crippen molar-refractivity contribution in [3.8, 4) is 17.5 Å². The minimum Gasteiger partial charge on any atom is -0.481 e. The van der Waals surface area contributed by atoms with Crippen LogP contribution in [0.25, 0.3) is 0 Å². The summed E-state index contributed by atoms with van der Waals surface area (Å²) in [6, 6.07) is 2.12. The van der Waals surface area contributed by atoms with Gasteiger partial charge in [-0.3, -0.25) is 5.32 Å². The first-order chi connectivity index (χ1) is 13.5. The summed E-state index contributed by atoms with van der Waals surface area (Å²) in [6.07, 6.45) is -3.70. The van der Waals surface area contributed by atoms with Crippen molar-refractivity contribution < 1.29 is 70.2 Å². The Hall–Kier alpha value is -2.36. The summed E-state index contributed by atoms with van der Waals surface area (Å²) in [7, 11) is -2.11. The van der Waals surface area contributed by atoms with Gasteiger partial charge >= 0.3 is 41.8 Å². The second-order valence-electron chi connectivity index (χ2n) is 5.05. The molecule has 2 aromatic heterocycles. The maximum Gasteiger partial charge on any atom is 1.00 e. The molecule has 158 valence electrons. The number of methoxy groups -OCH3 is 2. The number of nitrogens with one attached hydrogen (secondary N) is 2. The molecule has 11 nitrogen and oxygen atoms in total. The second kappa shape index (κ2) is 10.6. The number of amides is 2. The molecule has 0 aromatic carbocycles. The van der Waals surface area contributed by atoms with Crippen LogP contribution in [-0.2, 0) is 10.0 Å². The molecule has 2 amide bonds. The van der Waals surface area contributed by atoms with Gasteiger partial charge in [0.1, 0.15) is 0 Å². The average Bonchev–Trinajstić information content (AvgIpc) is 2.65. The van der Waals surface area contributed by atoms with Crippen molar-refractivity contribution in [3.63, 3.8) is 0 Å². The summed E-state index contributed by atoms with van der Waals surface area (Å²) < 4.78 is 77.5. The number of sulfonamides is 1. The summed E-state index contributed by atoms with van der Waals surface area (Å²) in [6.45, 7) is -1.75. The van der Waals surface area contributed by atoms with Gasteiger partial charge in [-0.1, -0.05) is 0 Å². The first-order valence-corrected chi connectivity index (χ1v) is 8.98. The molecular formula is C14H14F3N5NaO6S+. The van der Waals surface area contributed by atoms with E-state index in [2.05, 4.69) is 19.7 Å². The van der Waals surface area contributed by atoms with E-state index in [0.29, 0.717) is 0 Å². The summed E-state index contributed by atoms with van der Waals surface area (Å²) >= 11 is 0. The average molecular weight is 460 g/mol. The zero-order valence-electron chi connectivity index (χ0n) is 15.8. The quantitative estimate of drug-likeness (QED) is 0.465. The Bertz CT molecular complexity index is 970. The number of hydrogen-bond acceptors (Lipinski definition) is 9. The van der Waals surface area contributed by atoms with Crippen LogP contribution in [0.1, 0.15) is 0 Å². The third-order valence-electron chi connectivity index (χ3n) is 2.93. The summed E-state index contributed by atoms with van der Waals surface area (Å²) in [5, 5.41) is 1.12. The molecule has 0 saturated carbocycles. The fourth-order valence-electron chi connectivity index (χ4n) is 1.81. The minimum atomic E-state index is -4.70. The van der Waals surface area contributed by atoms with Crippen LogP contribution in [0.2, 0.25) is 0 Å². The van der Waals surface area contributed by atoms with Crippen LogP contribution >= 0.6 is 0 Å². The number of hydrogen-bond donors (Lipinski definition) is 2. The standard InChI is InChI=1S/C14H14F3N5O6S.Na/c1-26-9-6-10(27-2)20-12(19-9)21-13(23)22-29(24,25)11-8(4-3-5-18-11)28-7-14(15,16)17;/h3-6H,7H2,1-2H3,(H2,19,20,21,22,23);/q;+1. The fraction of sp³-hybridized carbons (Fsp3) is 0.286. The third-order valence-corrected chi connectivity index (χ3v) is 4.20. The topological polar surface area (TPSA) is 142 Å². The van der Waals surface area contributed by atoms with Gasteiger partial charge in [0.15, 0.2) is 12.4 Å². The van der Waals surface area contributed by atoms with E-state index in [1.165, 1.54) is 26.4 Å². The Balaban J connectivity index is 0.00000450. The molecule has 0 aliphatic heterocycles. The van der Waals surface area contributed by atoms with Gasteiger partial charge in [-0.2, -0.15) is 31.6 Å². The Kier molecular flexibility index (Phi) is 9.08. The first kappa shape index (κ1) is 25.7. The number of anilines is 1. The van der Waals surface area contributed by atoms with Crippen molar-refractivity contribution in [3.05, 3.63) is 24.4 Å². The molecule has 2 aromatic rings. The third kappa shape index (κ3) is 7.47.